The lowest BCUT2D eigenvalue weighted by Gasteiger charge is -2.48. The molecule has 2 N–H and O–H groups in total. The minimum Gasteiger partial charge on any atom is -0.458 e. The van der Waals surface area contributed by atoms with Gasteiger partial charge in [-0.15, -0.1) is 6.58 Å². The van der Waals surface area contributed by atoms with Crippen LogP contribution in [0.15, 0.2) is 12.7 Å². The number of aliphatic hydroxyl groups is 2. The number of rotatable bonds is 4. The third-order valence-electron chi connectivity index (χ3n) is 9.58. The van der Waals surface area contributed by atoms with E-state index in [1.165, 1.54) is 19.9 Å². The van der Waals surface area contributed by atoms with E-state index in [-0.39, 0.29) is 6.61 Å². The molecule has 1 unspecified atom stereocenters. The normalized spacial score (nSPS) is 52.7. The predicted molar refractivity (Wildman–Crippen MR) is 117 cm³/mol. The summed E-state index contributed by atoms with van der Waals surface area (Å²) in [5.41, 5.74) is -9.20. The van der Waals surface area contributed by atoms with Gasteiger partial charge in [-0.2, -0.15) is 0 Å². The topological polar surface area (TPSA) is 164 Å². The summed E-state index contributed by atoms with van der Waals surface area (Å²) < 4.78 is 35.1. The summed E-state index contributed by atoms with van der Waals surface area (Å²) in [4.78, 5) is 52.2. The molecule has 2 aliphatic carbocycles. The monoisotopic (exact) mass is 522 g/mol. The first-order valence-corrected chi connectivity index (χ1v) is 12.3. The van der Waals surface area contributed by atoms with E-state index in [4.69, 9.17) is 28.4 Å². The Labute approximate surface area is 212 Å². The molecular formula is C25H30O12. The van der Waals surface area contributed by atoms with Gasteiger partial charge >= 0.3 is 23.9 Å². The Hall–Kier alpha value is -2.54. The lowest BCUT2D eigenvalue weighted by molar-refractivity contribution is -0.240. The third kappa shape index (κ3) is 2.17. The maximum atomic E-state index is 13.9. The Bertz CT molecular complexity index is 1140. The number of aliphatic hydroxyl groups excluding tert-OH is 1. The van der Waals surface area contributed by atoms with E-state index in [0.717, 1.165) is 0 Å². The highest BCUT2D eigenvalue weighted by Crippen LogP contribution is 2.85. The molecule has 12 atom stereocenters. The molecule has 0 bridgehead atoms. The zero-order chi connectivity index (χ0) is 27.1. The van der Waals surface area contributed by atoms with Crippen molar-refractivity contribution in [2.75, 3.05) is 6.61 Å². The van der Waals surface area contributed by atoms with E-state index in [9.17, 15) is 29.4 Å². The SMILES string of the molecule is C=CCO[C@H]1C(=O)OC2O[C@]34C(=O)O[C@@H]5[C@H](OC(C)=O)[C@@H](C(C)(C)C)[C@@]21[C@@]53[C@@H](O)[C@@H]1OC(=O)[C@@H](C)[C@@]14O. The summed E-state index contributed by atoms with van der Waals surface area (Å²) in [6.07, 6.45) is -7.42. The zero-order valence-corrected chi connectivity index (χ0v) is 21.1. The number of hydrogen-bond acceptors (Lipinski definition) is 12. The van der Waals surface area contributed by atoms with Crippen molar-refractivity contribution < 1.29 is 57.8 Å². The third-order valence-corrected chi connectivity index (χ3v) is 9.58. The summed E-state index contributed by atoms with van der Waals surface area (Å²) >= 11 is 0. The van der Waals surface area contributed by atoms with Crippen LogP contribution >= 0.6 is 0 Å². The summed E-state index contributed by atoms with van der Waals surface area (Å²) in [6, 6.07) is 0. The van der Waals surface area contributed by atoms with Crippen molar-refractivity contribution in [1.29, 1.82) is 0 Å². The van der Waals surface area contributed by atoms with Crippen molar-refractivity contribution in [3.05, 3.63) is 12.7 Å². The number of carbonyl (C=O) groups excluding carboxylic acids is 4. The predicted octanol–water partition coefficient (Wildman–Crippen LogP) is -0.618. The Morgan fingerprint density at radius 1 is 1.14 bits per heavy atom. The highest BCUT2D eigenvalue weighted by molar-refractivity contribution is 5.94. The molecule has 0 aromatic rings. The summed E-state index contributed by atoms with van der Waals surface area (Å²) in [5, 5.41) is 24.3. The van der Waals surface area contributed by atoms with Gasteiger partial charge in [-0.05, 0) is 12.3 Å². The van der Waals surface area contributed by atoms with Crippen LogP contribution in [-0.4, -0.2) is 88.7 Å². The Balaban J connectivity index is 1.73. The van der Waals surface area contributed by atoms with Crippen molar-refractivity contribution in [3.8, 4) is 0 Å². The maximum Gasteiger partial charge on any atom is 0.343 e. The van der Waals surface area contributed by atoms with Gasteiger partial charge in [0.2, 0.25) is 11.9 Å². The smallest absolute Gasteiger partial charge is 0.343 e. The second kappa shape index (κ2) is 6.90. The van der Waals surface area contributed by atoms with Gasteiger partial charge in [0.1, 0.15) is 12.2 Å². The van der Waals surface area contributed by atoms with E-state index < -0.39 is 100.0 Å². The molecule has 0 aromatic carbocycles. The molecule has 6 aliphatic rings. The minimum absolute atomic E-state index is 0.0962. The fourth-order valence-electron chi connectivity index (χ4n) is 8.89. The van der Waals surface area contributed by atoms with E-state index in [1.54, 1.807) is 0 Å². The van der Waals surface area contributed by atoms with E-state index >= 15 is 0 Å². The van der Waals surface area contributed by atoms with Gasteiger partial charge in [-0.1, -0.05) is 26.8 Å². The first-order chi connectivity index (χ1) is 17.2. The van der Waals surface area contributed by atoms with Crippen molar-refractivity contribution in [2.45, 2.75) is 82.6 Å². The second-order valence-electron chi connectivity index (χ2n) is 12.0. The molecule has 4 aliphatic heterocycles. The standard InChI is InChI=1S/C25H30O12/c1-7-8-32-16-18(29)36-20-22(16)12(21(4,5)6)11(33-10(3)26)14-23(22)13(27)15-24(31,9(2)17(28)34-15)25(23,37-20)19(30)35-14/h7,9,11-16,20,27,31H,1,8H2,2-6H3/t9-,11-,12+,13+,14-,15+,16+,20?,22+,23-,24-,25-/m1/s1. The molecule has 2 saturated carbocycles. The van der Waals surface area contributed by atoms with Gasteiger partial charge in [-0.3, -0.25) is 9.59 Å². The van der Waals surface area contributed by atoms with Gasteiger partial charge in [0.15, 0.2) is 23.9 Å². The molecule has 4 heterocycles. The number of carbonyl (C=O) groups is 4. The number of hydrogen-bond donors (Lipinski definition) is 2. The molecular weight excluding hydrogens is 492 g/mol. The molecule has 37 heavy (non-hydrogen) atoms. The molecule has 2 spiro atoms. The number of fused-ring (bicyclic) bond motifs is 1. The molecule has 6 fully saturated rings. The maximum absolute atomic E-state index is 13.9. The van der Waals surface area contributed by atoms with Crippen molar-refractivity contribution in [1.82, 2.24) is 0 Å². The average molecular weight is 523 g/mol. The molecule has 4 saturated heterocycles. The molecule has 12 heteroatoms. The number of ether oxygens (including phenoxy) is 6. The first kappa shape index (κ1) is 24.8. The van der Waals surface area contributed by atoms with Crippen molar-refractivity contribution >= 4 is 23.9 Å². The average Bonchev–Trinajstić information content (AvgIpc) is 3.49. The quantitative estimate of drug-likeness (QED) is 0.274. The highest BCUT2D eigenvalue weighted by Gasteiger charge is 3.05. The molecule has 0 aromatic heterocycles. The minimum atomic E-state index is -2.39. The van der Waals surface area contributed by atoms with Crippen LogP contribution in [0.5, 0.6) is 0 Å². The molecule has 0 amide bonds. The van der Waals surface area contributed by atoms with E-state index in [0.29, 0.717) is 0 Å². The van der Waals surface area contributed by atoms with Gasteiger partial charge in [0, 0.05) is 12.8 Å². The van der Waals surface area contributed by atoms with Crippen molar-refractivity contribution in [2.24, 2.45) is 28.1 Å². The van der Waals surface area contributed by atoms with E-state index in [1.807, 2.05) is 20.8 Å². The summed E-state index contributed by atoms with van der Waals surface area (Å²) in [6.45, 7) is 11.6. The molecule has 12 nitrogen and oxygen atoms in total. The largest absolute Gasteiger partial charge is 0.458 e. The van der Waals surface area contributed by atoms with Crippen LogP contribution in [0.25, 0.3) is 0 Å². The van der Waals surface area contributed by atoms with Gasteiger partial charge in [-0.25, -0.2) is 9.59 Å². The van der Waals surface area contributed by atoms with Crippen LogP contribution < -0.4 is 0 Å². The molecule has 6 rings (SSSR count). The van der Waals surface area contributed by atoms with Crippen LogP contribution in [0.3, 0.4) is 0 Å². The van der Waals surface area contributed by atoms with Gasteiger partial charge in [0.25, 0.3) is 0 Å². The van der Waals surface area contributed by atoms with Crippen LogP contribution in [0.4, 0.5) is 0 Å². The zero-order valence-electron chi connectivity index (χ0n) is 21.1. The fraction of sp³-hybridized carbons (Fsp3) is 0.760. The Morgan fingerprint density at radius 2 is 1.81 bits per heavy atom. The van der Waals surface area contributed by atoms with Crippen molar-refractivity contribution in [3.63, 3.8) is 0 Å². The van der Waals surface area contributed by atoms with Gasteiger partial charge in [0.05, 0.1) is 23.4 Å². The summed E-state index contributed by atoms with van der Waals surface area (Å²) in [7, 11) is 0. The lowest BCUT2D eigenvalue weighted by Crippen LogP contribution is -2.67. The van der Waals surface area contributed by atoms with E-state index in [2.05, 4.69) is 6.58 Å². The first-order valence-electron chi connectivity index (χ1n) is 12.3. The van der Waals surface area contributed by atoms with Gasteiger partial charge < -0.3 is 38.6 Å². The second-order valence-corrected chi connectivity index (χ2v) is 12.0. The van der Waals surface area contributed by atoms with Crippen LogP contribution in [0, 0.1) is 28.1 Å². The van der Waals surface area contributed by atoms with Crippen LogP contribution in [-0.2, 0) is 47.6 Å². The fourth-order valence-corrected chi connectivity index (χ4v) is 8.89. The molecule has 202 valence electrons. The Morgan fingerprint density at radius 3 is 2.41 bits per heavy atom. The lowest BCUT2D eigenvalue weighted by atomic mass is 9.51. The highest BCUT2D eigenvalue weighted by atomic mass is 16.8. The van der Waals surface area contributed by atoms with Crippen LogP contribution in [0.2, 0.25) is 0 Å². The Kier molecular flexibility index (Phi) is 4.62. The van der Waals surface area contributed by atoms with Crippen LogP contribution in [0.1, 0.15) is 34.6 Å². The number of esters is 4. The summed E-state index contributed by atoms with van der Waals surface area (Å²) in [5.74, 6) is -5.55. The molecule has 0 radical (unpaired) electrons.